The van der Waals surface area contributed by atoms with Crippen LogP contribution < -0.4 is 0 Å². The number of imidazole rings is 1. The molecule has 7 nitrogen and oxygen atoms in total. The van der Waals surface area contributed by atoms with Gasteiger partial charge < -0.3 is 9.88 Å². The number of hydrogen-bond donors (Lipinski definition) is 1. The molecule has 1 aromatic carbocycles. The largest absolute Gasteiger partial charge is 0.338 e. The standard InChI is InChI=1S/C17H19ClN4O3S/c18-15-5-2-14(3-6-15)4-7-17(23)21-8-1-9-22(11-10-21)26(24,25)16-12-19-13-20-16/h2-7,12-13H,1,8-11H2,(H,19,20)/b7-4+. The summed E-state index contributed by atoms with van der Waals surface area (Å²) in [5.41, 5.74) is 0.876. The molecule has 0 spiro atoms. The Balaban J connectivity index is 1.63. The number of nitrogens with zero attached hydrogens (tertiary/aromatic N) is 3. The van der Waals surface area contributed by atoms with E-state index in [1.807, 2.05) is 12.1 Å². The van der Waals surface area contributed by atoms with Crippen LogP contribution in [-0.2, 0) is 14.8 Å². The normalized spacial score (nSPS) is 16.7. The maximum atomic E-state index is 12.5. The van der Waals surface area contributed by atoms with E-state index in [2.05, 4.69) is 9.97 Å². The van der Waals surface area contributed by atoms with Crippen LogP contribution >= 0.6 is 11.6 Å². The number of amides is 1. The van der Waals surface area contributed by atoms with Gasteiger partial charge in [-0.15, -0.1) is 0 Å². The van der Waals surface area contributed by atoms with Gasteiger partial charge in [0.2, 0.25) is 5.91 Å². The lowest BCUT2D eigenvalue weighted by atomic mass is 10.2. The van der Waals surface area contributed by atoms with Gasteiger partial charge in [0.15, 0.2) is 5.03 Å². The number of benzene rings is 1. The van der Waals surface area contributed by atoms with Crippen LogP contribution in [0.5, 0.6) is 0 Å². The van der Waals surface area contributed by atoms with Crippen LogP contribution in [0, 0.1) is 0 Å². The highest BCUT2D eigenvalue weighted by Gasteiger charge is 2.28. The zero-order chi connectivity index (χ0) is 18.6. The minimum Gasteiger partial charge on any atom is -0.338 e. The van der Waals surface area contributed by atoms with Gasteiger partial charge in [0.1, 0.15) is 0 Å². The Morgan fingerprint density at radius 2 is 1.92 bits per heavy atom. The fourth-order valence-electron chi connectivity index (χ4n) is 2.72. The van der Waals surface area contributed by atoms with Crippen molar-refractivity contribution in [1.29, 1.82) is 0 Å². The minimum atomic E-state index is -3.60. The fraction of sp³-hybridized carbons (Fsp3) is 0.294. The van der Waals surface area contributed by atoms with Gasteiger partial charge in [-0.2, -0.15) is 4.31 Å². The maximum Gasteiger partial charge on any atom is 0.260 e. The first-order chi connectivity index (χ1) is 12.5. The predicted molar refractivity (Wildman–Crippen MR) is 99.0 cm³/mol. The van der Waals surface area contributed by atoms with Crippen molar-refractivity contribution < 1.29 is 13.2 Å². The summed E-state index contributed by atoms with van der Waals surface area (Å²) in [5.74, 6) is -0.138. The van der Waals surface area contributed by atoms with E-state index >= 15 is 0 Å². The Morgan fingerprint density at radius 1 is 1.15 bits per heavy atom. The van der Waals surface area contributed by atoms with E-state index in [9.17, 15) is 13.2 Å². The number of carbonyl (C=O) groups is 1. The van der Waals surface area contributed by atoms with Gasteiger partial charge in [0.05, 0.1) is 12.5 Å². The first-order valence-electron chi connectivity index (χ1n) is 8.18. The van der Waals surface area contributed by atoms with E-state index in [4.69, 9.17) is 11.6 Å². The first kappa shape index (κ1) is 18.6. The second-order valence-electron chi connectivity index (χ2n) is 5.88. The van der Waals surface area contributed by atoms with Gasteiger partial charge in [-0.1, -0.05) is 23.7 Å². The smallest absolute Gasteiger partial charge is 0.260 e. The van der Waals surface area contributed by atoms with Crippen LogP contribution in [0.25, 0.3) is 6.08 Å². The molecular weight excluding hydrogens is 376 g/mol. The molecule has 3 rings (SSSR count). The van der Waals surface area contributed by atoms with Crippen LogP contribution in [0.4, 0.5) is 0 Å². The molecule has 0 aliphatic carbocycles. The Morgan fingerprint density at radius 3 is 2.62 bits per heavy atom. The molecule has 1 amide bonds. The molecule has 0 unspecified atom stereocenters. The van der Waals surface area contributed by atoms with Crippen molar-refractivity contribution >= 4 is 33.6 Å². The Labute approximate surface area is 157 Å². The molecule has 138 valence electrons. The lowest BCUT2D eigenvalue weighted by Crippen LogP contribution is -2.36. The number of hydrogen-bond acceptors (Lipinski definition) is 4. The van der Waals surface area contributed by atoms with E-state index < -0.39 is 10.0 Å². The second-order valence-corrected chi connectivity index (χ2v) is 8.23. The van der Waals surface area contributed by atoms with Crippen LogP contribution in [0.1, 0.15) is 12.0 Å². The van der Waals surface area contributed by atoms with Crippen LogP contribution in [-0.4, -0.2) is 59.7 Å². The molecule has 0 saturated carbocycles. The molecule has 9 heteroatoms. The Kier molecular flexibility index (Phi) is 5.75. The SMILES string of the molecule is O=C(/C=C/c1ccc(Cl)cc1)N1CCCN(S(=O)(=O)c2cnc[nH]2)CC1. The van der Waals surface area contributed by atoms with Crippen molar-refractivity contribution in [1.82, 2.24) is 19.2 Å². The first-order valence-corrected chi connectivity index (χ1v) is 10.00. The summed E-state index contributed by atoms with van der Waals surface area (Å²) in [6.07, 6.45) is 6.43. The molecular formula is C17H19ClN4O3S. The summed E-state index contributed by atoms with van der Waals surface area (Å²) in [7, 11) is -3.60. The topological polar surface area (TPSA) is 86.4 Å². The number of aromatic amines is 1. The summed E-state index contributed by atoms with van der Waals surface area (Å²) >= 11 is 5.84. The molecule has 2 heterocycles. The number of sulfonamides is 1. The highest BCUT2D eigenvalue weighted by Crippen LogP contribution is 2.16. The molecule has 0 radical (unpaired) electrons. The predicted octanol–water partition coefficient (Wildman–Crippen LogP) is 2.00. The number of rotatable bonds is 4. The van der Waals surface area contributed by atoms with Crippen molar-refractivity contribution in [3.8, 4) is 0 Å². The Hall–Kier alpha value is -2.16. The molecule has 1 aliphatic rings. The summed E-state index contributed by atoms with van der Waals surface area (Å²) in [6, 6.07) is 7.17. The molecule has 0 bridgehead atoms. The van der Waals surface area contributed by atoms with Crippen molar-refractivity contribution in [2.75, 3.05) is 26.2 Å². The van der Waals surface area contributed by atoms with Crippen LogP contribution in [0.2, 0.25) is 5.02 Å². The molecule has 26 heavy (non-hydrogen) atoms. The minimum absolute atomic E-state index is 0.0694. The summed E-state index contributed by atoms with van der Waals surface area (Å²) < 4.78 is 26.5. The fourth-order valence-corrected chi connectivity index (χ4v) is 4.22. The molecule has 1 aliphatic heterocycles. The third kappa shape index (κ3) is 4.32. The molecule has 2 aromatic rings. The van der Waals surface area contributed by atoms with Gasteiger partial charge in [-0.05, 0) is 30.2 Å². The zero-order valence-electron chi connectivity index (χ0n) is 14.0. The van der Waals surface area contributed by atoms with Gasteiger partial charge in [0, 0.05) is 37.3 Å². The maximum absolute atomic E-state index is 12.5. The highest BCUT2D eigenvalue weighted by atomic mass is 35.5. The average molecular weight is 395 g/mol. The van der Waals surface area contributed by atoms with E-state index in [1.165, 1.54) is 22.9 Å². The van der Waals surface area contributed by atoms with Gasteiger partial charge in [0.25, 0.3) is 10.0 Å². The van der Waals surface area contributed by atoms with Gasteiger partial charge in [-0.3, -0.25) is 4.79 Å². The number of H-pyrrole nitrogens is 1. The van der Waals surface area contributed by atoms with Crippen LogP contribution in [0.15, 0.2) is 47.9 Å². The van der Waals surface area contributed by atoms with Crippen molar-refractivity contribution in [3.63, 3.8) is 0 Å². The van der Waals surface area contributed by atoms with Gasteiger partial charge in [-0.25, -0.2) is 13.4 Å². The lowest BCUT2D eigenvalue weighted by Gasteiger charge is -2.20. The number of aromatic nitrogens is 2. The Bertz CT molecular complexity index is 879. The molecule has 1 fully saturated rings. The third-order valence-electron chi connectivity index (χ3n) is 4.15. The number of nitrogens with one attached hydrogen (secondary N) is 1. The number of halogens is 1. The molecule has 1 saturated heterocycles. The lowest BCUT2D eigenvalue weighted by molar-refractivity contribution is -0.125. The van der Waals surface area contributed by atoms with E-state index in [1.54, 1.807) is 23.1 Å². The summed E-state index contributed by atoms with van der Waals surface area (Å²) in [5, 5.41) is 0.708. The van der Waals surface area contributed by atoms with E-state index in [0.29, 0.717) is 31.1 Å². The van der Waals surface area contributed by atoms with Gasteiger partial charge >= 0.3 is 0 Å². The van der Waals surface area contributed by atoms with Crippen molar-refractivity contribution in [2.24, 2.45) is 0 Å². The summed E-state index contributed by atoms with van der Waals surface area (Å²) in [4.78, 5) is 20.5. The third-order valence-corrected chi connectivity index (χ3v) is 6.22. The number of carbonyl (C=O) groups excluding carboxylic acids is 1. The quantitative estimate of drug-likeness (QED) is 0.803. The zero-order valence-corrected chi connectivity index (χ0v) is 15.6. The average Bonchev–Trinajstić information content (AvgIpc) is 3.06. The summed E-state index contributed by atoms with van der Waals surface area (Å²) in [6.45, 7) is 1.48. The highest BCUT2D eigenvalue weighted by molar-refractivity contribution is 7.89. The van der Waals surface area contributed by atoms with Crippen molar-refractivity contribution in [2.45, 2.75) is 11.4 Å². The van der Waals surface area contributed by atoms with Crippen LogP contribution in [0.3, 0.4) is 0 Å². The monoisotopic (exact) mass is 394 g/mol. The van der Waals surface area contributed by atoms with Crippen molar-refractivity contribution in [3.05, 3.63) is 53.5 Å². The molecule has 1 N–H and O–H groups in total. The van der Waals surface area contributed by atoms with E-state index in [0.717, 1.165) is 5.56 Å². The second kappa shape index (κ2) is 8.03. The molecule has 1 aromatic heterocycles. The molecule has 0 atom stereocenters. The van der Waals surface area contributed by atoms with E-state index in [-0.39, 0.29) is 17.5 Å².